The summed E-state index contributed by atoms with van der Waals surface area (Å²) in [5.74, 6) is -13.4. The maximum Gasteiger partial charge on any atom is 0.364 e. The molecular formula is C56H92N4O42. The number of ether oxygens (including phenoxy) is 13. The highest BCUT2D eigenvalue weighted by Crippen LogP contribution is 2.40. The van der Waals surface area contributed by atoms with Crippen molar-refractivity contribution in [3.05, 3.63) is 0 Å². The van der Waals surface area contributed by atoms with Gasteiger partial charge in [0.2, 0.25) is 23.6 Å². The van der Waals surface area contributed by atoms with Crippen LogP contribution in [-0.2, 0) is 90.3 Å². The Morgan fingerprint density at radius 3 is 1.10 bits per heavy atom. The van der Waals surface area contributed by atoms with E-state index < -0.39 is 321 Å². The van der Waals surface area contributed by atoms with Gasteiger partial charge in [-0.1, -0.05) is 0 Å². The maximum atomic E-state index is 12.8. The second-order valence-corrected chi connectivity index (χ2v) is 25.5. The van der Waals surface area contributed by atoms with Gasteiger partial charge in [0.1, 0.15) is 159 Å². The van der Waals surface area contributed by atoms with Gasteiger partial charge in [0.15, 0.2) is 31.5 Å². The lowest BCUT2D eigenvalue weighted by Crippen LogP contribution is -2.69. The van der Waals surface area contributed by atoms with Gasteiger partial charge in [-0.25, -0.2) is 9.59 Å². The molecule has 7 rings (SSSR count). The minimum atomic E-state index is -3.02. The van der Waals surface area contributed by atoms with Crippen LogP contribution in [0.3, 0.4) is 0 Å². The first kappa shape index (κ1) is 84.7. The molecule has 46 nitrogen and oxygen atoms in total. The fourth-order valence-corrected chi connectivity index (χ4v) is 12.7. The van der Waals surface area contributed by atoms with Crippen molar-refractivity contribution >= 4 is 35.6 Å². The van der Waals surface area contributed by atoms with E-state index in [0.29, 0.717) is 0 Å². The first-order valence-electron chi connectivity index (χ1n) is 31.9. The number of nitrogens with one attached hydrogen (secondary N) is 4. The normalized spacial score (nSPS) is 44.6. The molecule has 7 heterocycles. The lowest BCUT2D eigenvalue weighted by molar-refractivity contribution is -0.375. The predicted octanol–water partition coefficient (Wildman–Crippen LogP) is -17.3. The smallest absolute Gasteiger partial charge is 0.364 e. The molecule has 102 heavy (non-hydrogen) atoms. The maximum absolute atomic E-state index is 12.8. The Kier molecular flexibility index (Phi) is 29.8. The number of hydrogen-bond donors (Lipinski definition) is 27. The van der Waals surface area contributed by atoms with Crippen molar-refractivity contribution in [2.75, 3.05) is 46.2 Å². The van der Waals surface area contributed by atoms with Gasteiger partial charge in [-0.15, -0.1) is 0 Å². The van der Waals surface area contributed by atoms with Crippen molar-refractivity contribution in [2.45, 2.75) is 266 Å². The standard InChI is InChI=1S/C56H92N4O42/c1-14(65)57-27-18(69)5-55(53(86)87,101-45(27)31(73)20(71)7-61)91-12-25-33(75)38(80)41(83)51(96-25)98-43-22(9-63)94-49(29(36(43)78)59-16(3)67)90-11-24-35(77)40(82)47(48(85)93-24)100-50-30(60-17(4)68)37(79)44(23(10-64)95-50)99-52-42(84)39(81)34(76)26(97-52)13-92-56(54(88)89)6-19(70)28(58-15(2)66)46(102-56)32(74)21(72)8-62/h18-52,61-64,69-85H,5-13H2,1-4H3,(H,57,65)(H,58,66)(H,59,67)(H,60,68)(H,86,87)(H,88,89)/t18-,19-,20+,21+,22+,23+,24+,25+,26+,27+,28+,29+,30+,31+,32+,33-,34-,35-,36+,37+,38-,39-,40-,41+,42+,43+,44+,45+,46+,47+,48+,49+,50-,51-,52-,55+,56+/m0/s1. The van der Waals surface area contributed by atoms with E-state index in [1.165, 1.54) is 0 Å². The Hall–Kier alpha value is -4.54. The first-order valence-corrected chi connectivity index (χ1v) is 31.9. The average molecular weight is 1490 g/mol. The van der Waals surface area contributed by atoms with Crippen molar-refractivity contribution in [3.8, 4) is 0 Å². The Morgan fingerprint density at radius 2 is 0.735 bits per heavy atom. The van der Waals surface area contributed by atoms with E-state index >= 15 is 0 Å². The molecule has 0 aromatic heterocycles. The van der Waals surface area contributed by atoms with Crippen LogP contribution in [0, 0.1) is 0 Å². The number of aliphatic carboxylic acids is 2. The van der Waals surface area contributed by atoms with E-state index in [1.54, 1.807) is 0 Å². The number of rotatable bonds is 29. The third-order valence-electron chi connectivity index (χ3n) is 18.1. The van der Waals surface area contributed by atoms with Crippen LogP contribution in [0.15, 0.2) is 0 Å². The molecule has 46 heteroatoms. The number of hydrogen-bond acceptors (Lipinski definition) is 40. The largest absolute Gasteiger partial charge is 0.477 e. The molecule has 7 aliphatic rings. The summed E-state index contributed by atoms with van der Waals surface area (Å²) in [6, 6.07) is -6.90. The zero-order chi connectivity index (χ0) is 76.1. The van der Waals surface area contributed by atoms with Crippen LogP contribution in [0.4, 0.5) is 0 Å². The van der Waals surface area contributed by atoms with Crippen molar-refractivity contribution in [1.82, 2.24) is 21.3 Å². The molecular weight excluding hydrogens is 1400 g/mol. The molecule has 588 valence electrons. The lowest BCUT2D eigenvalue weighted by atomic mass is 9.88. The fraction of sp³-hybridized carbons (Fsp3) is 0.893. The minimum Gasteiger partial charge on any atom is -0.477 e. The second kappa shape index (κ2) is 35.9. The van der Waals surface area contributed by atoms with Crippen LogP contribution < -0.4 is 21.3 Å². The molecule has 0 spiro atoms. The monoisotopic (exact) mass is 1490 g/mol. The van der Waals surface area contributed by atoms with Crippen molar-refractivity contribution in [1.29, 1.82) is 0 Å². The Bertz CT molecular complexity index is 2770. The van der Waals surface area contributed by atoms with Gasteiger partial charge in [0.05, 0.1) is 70.5 Å². The molecule has 7 saturated heterocycles. The summed E-state index contributed by atoms with van der Waals surface area (Å²) in [6.45, 7) is -3.82. The Balaban J connectivity index is 0.998. The lowest BCUT2D eigenvalue weighted by Gasteiger charge is -2.49. The summed E-state index contributed by atoms with van der Waals surface area (Å²) in [7, 11) is 0. The molecule has 0 aromatic rings. The van der Waals surface area contributed by atoms with Crippen LogP contribution in [0.25, 0.3) is 0 Å². The fourth-order valence-electron chi connectivity index (χ4n) is 12.7. The summed E-state index contributed by atoms with van der Waals surface area (Å²) >= 11 is 0. The van der Waals surface area contributed by atoms with Crippen LogP contribution in [0.1, 0.15) is 40.5 Å². The van der Waals surface area contributed by atoms with Crippen LogP contribution in [0.2, 0.25) is 0 Å². The number of carboxylic acid groups (broad SMARTS) is 2. The SMILES string of the molecule is CC(=O)N[C@H]1[C@H](OC[C@H]2O[C@@H](O)[C@H](O[C@@H]3O[C@H](CO)[C@@H](O[C@@H]4O[C@H](CO[C@]5(C(=O)O)C[C@H](O)[C@@H](NC(C)=O)[C@H]([C@H](O)[C@H](O)CO)O5)[C@H](O)[C@H](O)[C@H]4O)[C@H](O)[C@H]3NC(C)=O)[C@@H](O)[C@H]2O)O[C@H](CO)[C@@H](O[C@@H]2O[C@H](CO[C@]3(C(=O)O)C[C@H](O)[C@@H](NC(C)=O)[C@H]([C@H](O)[C@H](O)CO)O3)[C@H](O)[C@H](O)[C@H]2O)[C@@H]1O. The first-order chi connectivity index (χ1) is 47.8. The average Bonchev–Trinajstić information content (AvgIpc) is 0.774. The van der Waals surface area contributed by atoms with Gasteiger partial charge >= 0.3 is 11.9 Å². The summed E-state index contributed by atoms with van der Waals surface area (Å²) in [5, 5.41) is 258. The Labute approximate surface area is 576 Å². The number of carbonyl (C=O) groups is 6. The van der Waals surface area contributed by atoms with Gasteiger partial charge in [-0.2, -0.15) is 0 Å². The van der Waals surface area contributed by atoms with E-state index in [2.05, 4.69) is 21.3 Å². The third kappa shape index (κ3) is 18.9. The van der Waals surface area contributed by atoms with Crippen molar-refractivity contribution in [2.24, 2.45) is 0 Å². The van der Waals surface area contributed by atoms with E-state index in [4.69, 9.17) is 61.6 Å². The number of aliphatic hydroxyl groups excluding tert-OH is 21. The highest BCUT2D eigenvalue weighted by Gasteiger charge is 2.61. The quantitative estimate of drug-likeness (QED) is 0.0331. The van der Waals surface area contributed by atoms with Gasteiger partial charge < -0.3 is 200 Å². The molecule has 0 bridgehead atoms. The Morgan fingerprint density at radius 1 is 0.402 bits per heavy atom. The van der Waals surface area contributed by atoms with Crippen molar-refractivity contribution < 1.29 is 208 Å². The summed E-state index contributed by atoms with van der Waals surface area (Å²) in [5.41, 5.74) is 0. The van der Waals surface area contributed by atoms with E-state index in [9.17, 15) is 146 Å². The van der Waals surface area contributed by atoms with E-state index in [-0.39, 0.29) is 0 Å². The van der Waals surface area contributed by atoms with Crippen molar-refractivity contribution in [3.63, 3.8) is 0 Å². The molecule has 4 amide bonds. The zero-order valence-corrected chi connectivity index (χ0v) is 54.6. The molecule has 7 aliphatic heterocycles. The van der Waals surface area contributed by atoms with Gasteiger partial charge in [-0.3, -0.25) is 19.2 Å². The summed E-state index contributed by atoms with van der Waals surface area (Å²) in [4.78, 5) is 74.9. The number of amides is 4. The molecule has 0 radical (unpaired) electrons. The minimum absolute atomic E-state index is 0.805. The molecule has 0 aliphatic carbocycles. The molecule has 0 saturated carbocycles. The number of carbonyl (C=O) groups excluding carboxylic acids is 4. The molecule has 27 N–H and O–H groups in total. The molecule has 7 fully saturated rings. The van der Waals surface area contributed by atoms with Crippen LogP contribution >= 0.6 is 0 Å². The van der Waals surface area contributed by atoms with Gasteiger partial charge in [-0.05, 0) is 0 Å². The van der Waals surface area contributed by atoms with E-state index in [0.717, 1.165) is 27.7 Å². The van der Waals surface area contributed by atoms with Gasteiger partial charge in [0.25, 0.3) is 11.6 Å². The third-order valence-corrected chi connectivity index (χ3v) is 18.1. The molecule has 37 atom stereocenters. The predicted molar refractivity (Wildman–Crippen MR) is 313 cm³/mol. The van der Waals surface area contributed by atoms with Crippen LogP contribution in [-0.4, -0.2) is 425 Å². The zero-order valence-electron chi connectivity index (χ0n) is 54.6. The molecule has 0 aromatic carbocycles. The van der Waals surface area contributed by atoms with E-state index in [1.807, 2.05) is 0 Å². The van der Waals surface area contributed by atoms with Crippen LogP contribution in [0.5, 0.6) is 0 Å². The molecule has 0 unspecified atom stereocenters. The highest BCUT2D eigenvalue weighted by atomic mass is 16.8. The number of aliphatic hydroxyl groups is 21. The number of carboxylic acids is 2. The highest BCUT2D eigenvalue weighted by molar-refractivity contribution is 5.77. The van der Waals surface area contributed by atoms with Gasteiger partial charge in [0, 0.05) is 40.5 Å². The second-order valence-electron chi connectivity index (χ2n) is 25.5. The summed E-state index contributed by atoms with van der Waals surface area (Å²) in [6.07, 6.45) is -66.6. The topological polar surface area (TPSA) is 736 Å². The summed E-state index contributed by atoms with van der Waals surface area (Å²) < 4.78 is 74.0.